The summed E-state index contributed by atoms with van der Waals surface area (Å²) in [6.07, 6.45) is 0. The summed E-state index contributed by atoms with van der Waals surface area (Å²) < 4.78 is 5.22. The van der Waals surface area contributed by atoms with Crippen molar-refractivity contribution in [2.45, 2.75) is 19.0 Å². The van der Waals surface area contributed by atoms with Crippen molar-refractivity contribution < 1.29 is 19.1 Å². The highest BCUT2D eigenvalue weighted by Crippen LogP contribution is 2.30. The number of likely N-dealkylation sites (N-methyl/N-ethyl adjacent to an activating group) is 1. The lowest BCUT2D eigenvalue weighted by Crippen LogP contribution is -2.43. The number of carbonyl (C=O) groups excluding carboxylic acids is 3. The van der Waals surface area contributed by atoms with Gasteiger partial charge in [0.1, 0.15) is 17.8 Å². The number of urea groups is 1. The highest BCUT2D eigenvalue weighted by molar-refractivity contribution is 6.09. The summed E-state index contributed by atoms with van der Waals surface area (Å²) >= 11 is 0. The van der Waals surface area contributed by atoms with E-state index in [-0.39, 0.29) is 12.5 Å². The third-order valence-electron chi connectivity index (χ3n) is 5.51. The van der Waals surface area contributed by atoms with Gasteiger partial charge >= 0.3 is 6.03 Å². The first-order valence-electron chi connectivity index (χ1n) is 9.94. The highest BCUT2D eigenvalue weighted by Gasteiger charge is 2.49. The number of nitrogens with zero attached hydrogens (tertiary/aromatic N) is 3. The summed E-state index contributed by atoms with van der Waals surface area (Å²) in [5, 5.41) is 2.72. The molecule has 1 fully saturated rings. The van der Waals surface area contributed by atoms with Crippen LogP contribution >= 0.6 is 0 Å². The number of benzene rings is 2. The van der Waals surface area contributed by atoms with E-state index in [0.29, 0.717) is 17.9 Å². The Hall–Kier alpha value is -3.55. The number of anilines is 1. The summed E-state index contributed by atoms with van der Waals surface area (Å²) in [4.78, 5) is 42.8. The van der Waals surface area contributed by atoms with Crippen molar-refractivity contribution in [2.75, 3.05) is 39.7 Å². The summed E-state index contributed by atoms with van der Waals surface area (Å²) in [5.74, 6) is -0.215. The topological polar surface area (TPSA) is 82.2 Å². The Balaban J connectivity index is 1.69. The van der Waals surface area contributed by atoms with Crippen molar-refractivity contribution in [3.63, 3.8) is 0 Å². The van der Waals surface area contributed by atoms with Crippen LogP contribution in [0.3, 0.4) is 0 Å². The number of hydrogen-bond acceptors (Lipinski definition) is 5. The predicted molar refractivity (Wildman–Crippen MR) is 118 cm³/mol. The Kier molecular flexibility index (Phi) is 6.19. The number of methoxy groups -OCH3 is 1. The minimum atomic E-state index is -1.26. The second-order valence-corrected chi connectivity index (χ2v) is 7.99. The summed E-state index contributed by atoms with van der Waals surface area (Å²) in [6.45, 7) is 1.68. The Labute approximate surface area is 182 Å². The number of amides is 4. The van der Waals surface area contributed by atoms with E-state index in [0.717, 1.165) is 16.2 Å². The van der Waals surface area contributed by atoms with Crippen LogP contribution in [0.4, 0.5) is 10.5 Å². The maximum Gasteiger partial charge on any atom is 0.325 e. The summed E-state index contributed by atoms with van der Waals surface area (Å²) in [7, 11) is 7.11. The molecule has 0 aromatic heterocycles. The SMILES string of the molecule is COc1cccc([C@]2(C)NC(=O)N(CC(=O)N(C)Cc3ccc(N(C)C)cc3)C2=O)c1. The fourth-order valence-corrected chi connectivity index (χ4v) is 3.49. The molecule has 0 saturated carbocycles. The molecule has 164 valence electrons. The molecular weight excluding hydrogens is 396 g/mol. The zero-order valence-corrected chi connectivity index (χ0v) is 18.5. The van der Waals surface area contributed by atoms with Crippen LogP contribution in [-0.4, -0.2) is 62.4 Å². The molecule has 1 N–H and O–H groups in total. The smallest absolute Gasteiger partial charge is 0.325 e. The van der Waals surface area contributed by atoms with Gasteiger partial charge in [0, 0.05) is 33.4 Å². The van der Waals surface area contributed by atoms with E-state index in [4.69, 9.17) is 4.74 Å². The molecule has 1 aliphatic rings. The first-order valence-corrected chi connectivity index (χ1v) is 9.94. The molecule has 4 amide bonds. The zero-order chi connectivity index (χ0) is 22.8. The molecule has 2 aromatic carbocycles. The fourth-order valence-electron chi connectivity index (χ4n) is 3.49. The van der Waals surface area contributed by atoms with E-state index < -0.39 is 17.5 Å². The predicted octanol–water partition coefficient (Wildman–Crippen LogP) is 2.19. The van der Waals surface area contributed by atoms with Gasteiger partial charge < -0.3 is 19.9 Å². The molecule has 0 unspecified atom stereocenters. The minimum Gasteiger partial charge on any atom is -0.497 e. The molecule has 0 radical (unpaired) electrons. The van der Waals surface area contributed by atoms with Crippen LogP contribution in [0.25, 0.3) is 0 Å². The standard InChI is InChI=1S/C23H28N4O4/c1-23(17-7-6-8-19(13-17)31-5)21(29)27(22(30)24-23)15-20(28)26(4)14-16-9-11-18(12-10-16)25(2)3/h6-13H,14-15H2,1-5H3,(H,24,30)/t23-/m0/s1. The van der Waals surface area contributed by atoms with Crippen molar-refractivity contribution in [2.24, 2.45) is 0 Å². The van der Waals surface area contributed by atoms with Gasteiger partial charge in [-0.15, -0.1) is 0 Å². The van der Waals surface area contributed by atoms with Gasteiger partial charge in [-0.25, -0.2) is 4.79 Å². The Morgan fingerprint density at radius 1 is 1.10 bits per heavy atom. The lowest BCUT2D eigenvalue weighted by atomic mass is 9.92. The molecular formula is C23H28N4O4. The second kappa shape index (κ2) is 8.67. The maximum absolute atomic E-state index is 13.1. The molecule has 1 saturated heterocycles. The van der Waals surface area contributed by atoms with Gasteiger partial charge in [0.2, 0.25) is 5.91 Å². The molecule has 0 bridgehead atoms. The van der Waals surface area contributed by atoms with Crippen LogP contribution in [0.2, 0.25) is 0 Å². The molecule has 3 rings (SSSR count). The third-order valence-corrected chi connectivity index (χ3v) is 5.51. The van der Waals surface area contributed by atoms with E-state index in [2.05, 4.69) is 5.32 Å². The molecule has 8 nitrogen and oxygen atoms in total. The van der Waals surface area contributed by atoms with E-state index in [1.807, 2.05) is 43.3 Å². The zero-order valence-electron chi connectivity index (χ0n) is 18.5. The van der Waals surface area contributed by atoms with Crippen molar-refractivity contribution in [3.8, 4) is 5.75 Å². The van der Waals surface area contributed by atoms with Crippen LogP contribution in [0.15, 0.2) is 48.5 Å². The van der Waals surface area contributed by atoms with Gasteiger partial charge in [-0.2, -0.15) is 0 Å². The number of nitrogens with one attached hydrogen (secondary N) is 1. The van der Waals surface area contributed by atoms with E-state index in [1.54, 1.807) is 38.2 Å². The van der Waals surface area contributed by atoms with Crippen LogP contribution in [0.5, 0.6) is 5.75 Å². The molecule has 31 heavy (non-hydrogen) atoms. The molecule has 8 heteroatoms. The van der Waals surface area contributed by atoms with Crippen molar-refractivity contribution >= 4 is 23.5 Å². The maximum atomic E-state index is 13.1. The van der Waals surface area contributed by atoms with Crippen molar-refractivity contribution in [3.05, 3.63) is 59.7 Å². The van der Waals surface area contributed by atoms with Gasteiger partial charge in [-0.1, -0.05) is 24.3 Å². The monoisotopic (exact) mass is 424 g/mol. The van der Waals surface area contributed by atoms with Crippen molar-refractivity contribution in [1.82, 2.24) is 15.1 Å². The molecule has 0 spiro atoms. The van der Waals surface area contributed by atoms with Crippen LogP contribution in [0, 0.1) is 0 Å². The Morgan fingerprint density at radius 2 is 1.77 bits per heavy atom. The number of rotatable bonds is 7. The Morgan fingerprint density at radius 3 is 2.39 bits per heavy atom. The van der Waals surface area contributed by atoms with Crippen molar-refractivity contribution in [1.29, 1.82) is 0 Å². The normalized spacial score (nSPS) is 18.0. The van der Waals surface area contributed by atoms with Gasteiger partial charge in [-0.05, 0) is 42.3 Å². The number of imide groups is 1. The van der Waals surface area contributed by atoms with E-state index in [9.17, 15) is 14.4 Å². The number of carbonyl (C=O) groups is 3. The number of ether oxygens (including phenoxy) is 1. The number of hydrogen-bond donors (Lipinski definition) is 1. The van der Waals surface area contributed by atoms with E-state index in [1.165, 1.54) is 12.0 Å². The first kappa shape index (κ1) is 22.1. The quantitative estimate of drug-likeness (QED) is 0.689. The fraction of sp³-hybridized carbons (Fsp3) is 0.348. The van der Waals surface area contributed by atoms with Crippen LogP contribution in [0.1, 0.15) is 18.1 Å². The van der Waals surface area contributed by atoms with E-state index >= 15 is 0 Å². The lowest BCUT2D eigenvalue weighted by molar-refractivity contribution is -0.138. The van der Waals surface area contributed by atoms with Gasteiger partial charge in [0.05, 0.1) is 7.11 Å². The lowest BCUT2D eigenvalue weighted by Gasteiger charge is -2.23. The molecule has 0 aliphatic carbocycles. The summed E-state index contributed by atoms with van der Waals surface area (Å²) in [5.41, 5.74) is 1.36. The highest BCUT2D eigenvalue weighted by atomic mass is 16.5. The van der Waals surface area contributed by atoms with Crippen LogP contribution < -0.4 is 15.0 Å². The minimum absolute atomic E-state index is 0.323. The average molecular weight is 425 g/mol. The Bertz CT molecular complexity index is 989. The first-order chi connectivity index (χ1) is 14.7. The molecule has 2 aromatic rings. The molecule has 1 atom stereocenters. The van der Waals surface area contributed by atoms with Crippen LogP contribution in [-0.2, 0) is 21.7 Å². The molecule has 1 aliphatic heterocycles. The third kappa shape index (κ3) is 4.47. The second-order valence-electron chi connectivity index (χ2n) is 7.99. The average Bonchev–Trinajstić information content (AvgIpc) is 2.98. The largest absolute Gasteiger partial charge is 0.497 e. The van der Waals surface area contributed by atoms with Gasteiger partial charge in [0.15, 0.2) is 0 Å². The van der Waals surface area contributed by atoms with Gasteiger partial charge in [0.25, 0.3) is 5.91 Å². The molecule has 1 heterocycles. The summed E-state index contributed by atoms with van der Waals surface area (Å²) in [6, 6.07) is 14.2. The van der Waals surface area contributed by atoms with Gasteiger partial charge in [-0.3, -0.25) is 14.5 Å².